The standard InChI is InChI=1S/C12H12O4/c1-14-10-3-4-11-8(6-10)5-9(7-16-11)12(13)15-2/h3-6H,7H2,1-2H3. The summed E-state index contributed by atoms with van der Waals surface area (Å²) in [7, 11) is 2.95. The van der Waals surface area contributed by atoms with E-state index in [9.17, 15) is 4.79 Å². The van der Waals surface area contributed by atoms with E-state index < -0.39 is 0 Å². The molecule has 2 rings (SSSR count). The highest BCUT2D eigenvalue weighted by Crippen LogP contribution is 2.30. The second-order valence-electron chi connectivity index (χ2n) is 3.35. The molecule has 0 aliphatic carbocycles. The Hall–Kier alpha value is -1.97. The summed E-state index contributed by atoms with van der Waals surface area (Å²) in [6.45, 7) is 0.242. The Morgan fingerprint density at radius 2 is 2.19 bits per heavy atom. The Kier molecular flexibility index (Phi) is 2.81. The maximum atomic E-state index is 11.3. The number of esters is 1. The van der Waals surface area contributed by atoms with Crippen molar-refractivity contribution in [1.29, 1.82) is 0 Å². The number of rotatable bonds is 2. The van der Waals surface area contributed by atoms with Crippen LogP contribution in [0.1, 0.15) is 5.56 Å². The molecule has 0 radical (unpaired) electrons. The van der Waals surface area contributed by atoms with Gasteiger partial charge in [-0.05, 0) is 24.3 Å². The summed E-state index contributed by atoms with van der Waals surface area (Å²) >= 11 is 0. The van der Waals surface area contributed by atoms with Crippen LogP contribution in [0.3, 0.4) is 0 Å². The van der Waals surface area contributed by atoms with E-state index in [4.69, 9.17) is 9.47 Å². The van der Waals surface area contributed by atoms with Gasteiger partial charge in [-0.1, -0.05) is 0 Å². The fraction of sp³-hybridized carbons (Fsp3) is 0.250. The van der Waals surface area contributed by atoms with Crippen LogP contribution in [0.15, 0.2) is 23.8 Å². The normalized spacial score (nSPS) is 13.2. The zero-order valence-corrected chi connectivity index (χ0v) is 9.15. The molecule has 1 heterocycles. The predicted octanol–water partition coefficient (Wildman–Crippen LogP) is 1.64. The summed E-state index contributed by atoms with van der Waals surface area (Å²) < 4.78 is 15.2. The van der Waals surface area contributed by atoms with Crippen LogP contribution in [0.4, 0.5) is 0 Å². The summed E-state index contributed by atoms with van der Waals surface area (Å²) in [5.41, 5.74) is 1.33. The first-order valence-corrected chi connectivity index (χ1v) is 4.84. The molecule has 0 amide bonds. The predicted molar refractivity (Wildman–Crippen MR) is 58.5 cm³/mol. The Labute approximate surface area is 93.4 Å². The van der Waals surface area contributed by atoms with Gasteiger partial charge >= 0.3 is 5.97 Å². The van der Waals surface area contributed by atoms with Crippen LogP contribution in [0, 0.1) is 0 Å². The van der Waals surface area contributed by atoms with Gasteiger partial charge in [0.05, 0.1) is 19.8 Å². The van der Waals surface area contributed by atoms with E-state index in [1.54, 1.807) is 13.2 Å². The van der Waals surface area contributed by atoms with Crippen molar-refractivity contribution in [2.75, 3.05) is 20.8 Å². The largest absolute Gasteiger partial charge is 0.497 e. The lowest BCUT2D eigenvalue weighted by Gasteiger charge is -2.17. The number of benzene rings is 1. The fourth-order valence-electron chi connectivity index (χ4n) is 1.53. The van der Waals surface area contributed by atoms with Crippen LogP contribution in [0.2, 0.25) is 0 Å². The Morgan fingerprint density at radius 1 is 1.38 bits per heavy atom. The van der Waals surface area contributed by atoms with Crippen molar-refractivity contribution in [2.45, 2.75) is 0 Å². The van der Waals surface area contributed by atoms with Gasteiger partial charge in [-0.2, -0.15) is 0 Å². The van der Waals surface area contributed by atoms with Gasteiger partial charge < -0.3 is 14.2 Å². The fourth-order valence-corrected chi connectivity index (χ4v) is 1.53. The lowest BCUT2D eigenvalue weighted by Crippen LogP contribution is -2.15. The van der Waals surface area contributed by atoms with Crippen molar-refractivity contribution in [2.24, 2.45) is 0 Å². The summed E-state index contributed by atoms with van der Waals surface area (Å²) in [4.78, 5) is 11.3. The monoisotopic (exact) mass is 220 g/mol. The molecule has 0 spiro atoms. The van der Waals surface area contributed by atoms with Crippen LogP contribution < -0.4 is 9.47 Å². The molecule has 4 heteroatoms. The second kappa shape index (κ2) is 4.26. The van der Waals surface area contributed by atoms with E-state index in [1.165, 1.54) is 7.11 Å². The third-order valence-corrected chi connectivity index (χ3v) is 2.38. The average molecular weight is 220 g/mol. The molecular weight excluding hydrogens is 208 g/mol. The lowest BCUT2D eigenvalue weighted by molar-refractivity contribution is -0.136. The smallest absolute Gasteiger partial charge is 0.337 e. The van der Waals surface area contributed by atoms with Crippen LogP contribution in [0.25, 0.3) is 6.08 Å². The third kappa shape index (κ3) is 1.86. The van der Waals surface area contributed by atoms with E-state index in [2.05, 4.69) is 4.74 Å². The van der Waals surface area contributed by atoms with Gasteiger partial charge in [0.2, 0.25) is 0 Å². The second-order valence-corrected chi connectivity index (χ2v) is 3.35. The maximum absolute atomic E-state index is 11.3. The first-order chi connectivity index (χ1) is 7.74. The highest BCUT2D eigenvalue weighted by atomic mass is 16.5. The molecule has 1 aliphatic rings. The summed E-state index contributed by atoms with van der Waals surface area (Å²) in [6.07, 6.45) is 1.76. The molecule has 1 aliphatic heterocycles. The number of ether oxygens (including phenoxy) is 3. The summed E-state index contributed by atoms with van der Waals surface area (Å²) in [5, 5.41) is 0. The van der Waals surface area contributed by atoms with Crippen molar-refractivity contribution in [3.63, 3.8) is 0 Å². The van der Waals surface area contributed by atoms with E-state index in [0.29, 0.717) is 5.57 Å². The molecule has 0 fully saturated rings. The zero-order valence-electron chi connectivity index (χ0n) is 9.15. The molecule has 1 aromatic carbocycles. The lowest BCUT2D eigenvalue weighted by atomic mass is 10.1. The minimum Gasteiger partial charge on any atom is -0.497 e. The first-order valence-electron chi connectivity index (χ1n) is 4.84. The number of fused-ring (bicyclic) bond motifs is 1. The van der Waals surface area contributed by atoms with Gasteiger partial charge in [0.25, 0.3) is 0 Å². The van der Waals surface area contributed by atoms with Gasteiger partial charge in [0, 0.05) is 5.56 Å². The molecule has 0 bridgehead atoms. The molecule has 0 saturated heterocycles. The zero-order chi connectivity index (χ0) is 11.5. The van der Waals surface area contributed by atoms with Crippen LogP contribution in [0.5, 0.6) is 11.5 Å². The number of carbonyl (C=O) groups excluding carboxylic acids is 1. The van der Waals surface area contributed by atoms with Crippen LogP contribution in [-0.4, -0.2) is 26.8 Å². The van der Waals surface area contributed by atoms with Crippen molar-refractivity contribution in [1.82, 2.24) is 0 Å². The molecular formula is C12H12O4. The van der Waals surface area contributed by atoms with Crippen molar-refractivity contribution in [3.8, 4) is 11.5 Å². The van der Waals surface area contributed by atoms with Crippen LogP contribution in [-0.2, 0) is 9.53 Å². The quantitative estimate of drug-likeness (QED) is 0.711. The molecule has 0 atom stereocenters. The number of hydrogen-bond acceptors (Lipinski definition) is 4. The summed E-state index contributed by atoms with van der Waals surface area (Å²) in [6, 6.07) is 5.45. The Morgan fingerprint density at radius 3 is 2.88 bits per heavy atom. The van der Waals surface area contributed by atoms with Gasteiger partial charge in [0.15, 0.2) is 0 Å². The van der Waals surface area contributed by atoms with Crippen molar-refractivity contribution >= 4 is 12.0 Å². The van der Waals surface area contributed by atoms with Gasteiger partial charge in [-0.25, -0.2) is 4.79 Å². The first kappa shape index (κ1) is 10.5. The molecule has 0 saturated carbocycles. The molecule has 0 unspecified atom stereocenters. The minimum absolute atomic E-state index is 0.242. The molecule has 1 aromatic rings. The molecule has 0 aromatic heterocycles. The van der Waals surface area contributed by atoms with Gasteiger partial charge in [-0.15, -0.1) is 0 Å². The Bertz CT molecular complexity index is 448. The van der Waals surface area contributed by atoms with Gasteiger partial charge in [-0.3, -0.25) is 0 Å². The third-order valence-electron chi connectivity index (χ3n) is 2.38. The highest BCUT2D eigenvalue weighted by Gasteiger charge is 2.17. The van der Waals surface area contributed by atoms with Gasteiger partial charge in [0.1, 0.15) is 18.1 Å². The highest BCUT2D eigenvalue weighted by molar-refractivity contribution is 5.95. The molecule has 0 N–H and O–H groups in total. The maximum Gasteiger partial charge on any atom is 0.337 e. The number of methoxy groups -OCH3 is 2. The van der Waals surface area contributed by atoms with Crippen molar-refractivity contribution < 1.29 is 19.0 Å². The average Bonchev–Trinajstić information content (AvgIpc) is 2.36. The molecule has 16 heavy (non-hydrogen) atoms. The van der Waals surface area contributed by atoms with E-state index in [0.717, 1.165) is 17.1 Å². The molecule has 4 nitrogen and oxygen atoms in total. The Balaban J connectivity index is 2.37. The number of carbonyl (C=O) groups is 1. The summed E-state index contributed by atoms with van der Waals surface area (Å²) in [5.74, 6) is 1.10. The van der Waals surface area contributed by atoms with Crippen LogP contribution >= 0.6 is 0 Å². The molecule has 84 valence electrons. The van der Waals surface area contributed by atoms with E-state index in [1.807, 2.05) is 18.2 Å². The van der Waals surface area contributed by atoms with E-state index in [-0.39, 0.29) is 12.6 Å². The van der Waals surface area contributed by atoms with E-state index >= 15 is 0 Å². The topological polar surface area (TPSA) is 44.8 Å². The number of hydrogen-bond donors (Lipinski definition) is 0. The minimum atomic E-state index is -0.367. The SMILES string of the molecule is COC(=O)C1=Cc2cc(OC)ccc2OC1. The van der Waals surface area contributed by atoms with Crippen molar-refractivity contribution in [3.05, 3.63) is 29.3 Å².